The second-order valence-electron chi connectivity index (χ2n) is 28.9. The number of aliphatic hydroxyl groups is 11. The number of amides is 1. The average molecular weight is 1470 g/mol. The fourth-order valence-corrected chi connectivity index (χ4v) is 13.3. The van der Waals surface area contributed by atoms with E-state index in [2.05, 4.69) is 116 Å². The van der Waals surface area contributed by atoms with Gasteiger partial charge < -0.3 is 89.9 Å². The molecule has 3 saturated heterocycles. The van der Waals surface area contributed by atoms with E-state index in [0.29, 0.717) is 6.42 Å². The molecule has 0 aromatic carbocycles. The van der Waals surface area contributed by atoms with E-state index in [1.807, 2.05) is 6.08 Å². The first kappa shape index (κ1) is 94.7. The van der Waals surface area contributed by atoms with E-state index in [0.717, 1.165) is 116 Å². The Morgan fingerprint density at radius 1 is 0.356 bits per heavy atom. The van der Waals surface area contributed by atoms with Crippen LogP contribution in [0, 0.1) is 0 Å². The van der Waals surface area contributed by atoms with Crippen LogP contribution in [0.1, 0.15) is 290 Å². The molecule has 0 aromatic rings. The Morgan fingerprint density at radius 3 is 1.04 bits per heavy atom. The Hall–Kier alpha value is -3.55. The molecule has 3 rings (SSSR count). The van der Waals surface area contributed by atoms with E-state index >= 15 is 0 Å². The molecule has 0 bridgehead atoms. The van der Waals surface area contributed by atoms with Crippen molar-refractivity contribution in [3.63, 3.8) is 0 Å². The summed E-state index contributed by atoms with van der Waals surface area (Å²) in [6.45, 7) is 1.64. The molecule has 0 saturated carbocycles. The first-order chi connectivity index (χ1) is 50.8. The van der Waals surface area contributed by atoms with Crippen molar-refractivity contribution in [1.82, 2.24) is 5.32 Å². The maximum atomic E-state index is 13.5. The zero-order chi connectivity index (χ0) is 75.3. The number of aliphatic hydroxyl groups excluding tert-OH is 11. The summed E-state index contributed by atoms with van der Waals surface area (Å²) in [5.74, 6) is -0.286. The van der Waals surface area contributed by atoms with Crippen LogP contribution in [0.3, 0.4) is 0 Å². The number of carbonyl (C=O) groups excluding carboxylic acids is 1. The lowest BCUT2D eigenvalue weighted by molar-refractivity contribution is -0.379. The second kappa shape index (κ2) is 64.3. The summed E-state index contributed by atoms with van der Waals surface area (Å²) in [4.78, 5) is 13.5. The van der Waals surface area contributed by atoms with Crippen molar-refractivity contribution in [2.75, 3.05) is 26.4 Å². The molecule has 19 heteroatoms. The van der Waals surface area contributed by atoms with Crippen LogP contribution in [0.15, 0.2) is 109 Å². The molecule has 0 aliphatic carbocycles. The number of unbranched alkanes of at least 4 members (excludes halogenated alkanes) is 32. The average Bonchev–Trinajstić information content (AvgIpc) is 0.783. The number of nitrogens with one attached hydrogen (secondary N) is 1. The van der Waals surface area contributed by atoms with Crippen LogP contribution in [0.25, 0.3) is 0 Å². The summed E-state index contributed by atoms with van der Waals surface area (Å²) >= 11 is 0. The lowest BCUT2D eigenvalue weighted by Gasteiger charge is -2.48. The predicted molar refractivity (Wildman–Crippen MR) is 415 cm³/mol. The van der Waals surface area contributed by atoms with Gasteiger partial charge in [-0.25, -0.2) is 0 Å². The summed E-state index contributed by atoms with van der Waals surface area (Å²) in [5, 5.41) is 121. The van der Waals surface area contributed by atoms with Gasteiger partial charge in [-0.2, -0.15) is 0 Å². The van der Waals surface area contributed by atoms with E-state index in [9.17, 15) is 61.0 Å². The Bertz CT molecular complexity index is 2300. The Labute approximate surface area is 627 Å². The van der Waals surface area contributed by atoms with E-state index in [1.54, 1.807) is 6.08 Å². The molecule has 104 heavy (non-hydrogen) atoms. The number of carbonyl (C=O) groups is 1. The smallest absolute Gasteiger partial charge is 0.220 e. The molecule has 1 amide bonds. The minimum atomic E-state index is -1.98. The van der Waals surface area contributed by atoms with Gasteiger partial charge in [0.15, 0.2) is 18.9 Å². The van der Waals surface area contributed by atoms with Gasteiger partial charge in [0.05, 0.1) is 38.6 Å². The van der Waals surface area contributed by atoms with Gasteiger partial charge in [-0.3, -0.25) is 4.79 Å². The highest BCUT2D eigenvalue weighted by atomic mass is 16.8. The van der Waals surface area contributed by atoms with Crippen molar-refractivity contribution >= 4 is 5.91 Å². The van der Waals surface area contributed by atoms with Crippen LogP contribution in [-0.4, -0.2) is 193 Å². The molecule has 3 aliphatic heterocycles. The third-order valence-corrected chi connectivity index (χ3v) is 19.8. The Balaban J connectivity index is 1.38. The predicted octanol–water partition coefficient (Wildman–Crippen LogP) is 14.1. The summed E-state index contributed by atoms with van der Waals surface area (Å²) < 4.78 is 34.5. The molecule has 12 N–H and O–H groups in total. The maximum absolute atomic E-state index is 13.5. The van der Waals surface area contributed by atoms with Crippen LogP contribution in [0.5, 0.6) is 0 Å². The molecule has 3 heterocycles. The van der Waals surface area contributed by atoms with Crippen molar-refractivity contribution in [2.24, 2.45) is 0 Å². The van der Waals surface area contributed by atoms with E-state index in [1.165, 1.54) is 148 Å². The minimum absolute atomic E-state index is 0.227. The maximum Gasteiger partial charge on any atom is 0.220 e. The minimum Gasteiger partial charge on any atom is -0.394 e. The third kappa shape index (κ3) is 43.6. The van der Waals surface area contributed by atoms with Gasteiger partial charge in [-0.15, -0.1) is 0 Å². The molecule has 600 valence electrons. The first-order valence-electron chi connectivity index (χ1n) is 41.1. The number of rotatable bonds is 64. The zero-order valence-corrected chi connectivity index (χ0v) is 64.2. The zero-order valence-electron chi connectivity index (χ0n) is 64.2. The van der Waals surface area contributed by atoms with Gasteiger partial charge in [0, 0.05) is 6.42 Å². The molecule has 0 spiro atoms. The third-order valence-electron chi connectivity index (χ3n) is 19.8. The number of hydrogen-bond acceptors (Lipinski definition) is 18. The number of hydrogen-bond donors (Lipinski definition) is 12. The second-order valence-corrected chi connectivity index (χ2v) is 28.9. The van der Waals surface area contributed by atoms with Crippen LogP contribution in [0.2, 0.25) is 0 Å². The van der Waals surface area contributed by atoms with Gasteiger partial charge in [0.2, 0.25) is 5.91 Å². The van der Waals surface area contributed by atoms with Crippen LogP contribution >= 0.6 is 0 Å². The van der Waals surface area contributed by atoms with E-state index < -0.39 is 124 Å². The van der Waals surface area contributed by atoms with Crippen molar-refractivity contribution < 1.29 is 89.4 Å². The molecular formula is C85H147NO18. The van der Waals surface area contributed by atoms with Gasteiger partial charge in [0.1, 0.15) is 73.2 Å². The lowest BCUT2D eigenvalue weighted by atomic mass is 9.96. The quantitative estimate of drug-likeness (QED) is 0.0199. The molecule has 17 atom stereocenters. The van der Waals surface area contributed by atoms with E-state index in [4.69, 9.17) is 28.4 Å². The van der Waals surface area contributed by atoms with Gasteiger partial charge >= 0.3 is 0 Å². The van der Waals surface area contributed by atoms with Crippen LogP contribution < -0.4 is 5.32 Å². The fraction of sp³-hybridized carbons (Fsp3) is 0.776. The Kier molecular flexibility index (Phi) is 58.5. The lowest BCUT2D eigenvalue weighted by Crippen LogP contribution is -2.66. The van der Waals surface area contributed by atoms with Crippen LogP contribution in [-0.2, 0) is 33.2 Å². The van der Waals surface area contributed by atoms with Crippen LogP contribution in [0.4, 0.5) is 0 Å². The normalized spacial score (nSPS) is 26.5. The molecular weight excluding hydrogens is 1320 g/mol. The highest BCUT2D eigenvalue weighted by molar-refractivity contribution is 5.76. The molecule has 3 fully saturated rings. The summed E-state index contributed by atoms with van der Waals surface area (Å²) in [5.41, 5.74) is 0. The Morgan fingerprint density at radius 2 is 0.663 bits per heavy atom. The standard InChI is InChI=1S/C85H147NO18/c1-3-5-7-9-11-13-15-17-19-21-23-25-27-29-31-32-33-34-35-36-37-39-41-43-45-47-49-51-53-55-57-59-61-63-73(91)86-68(69(90)62-60-58-56-54-52-50-48-46-44-42-40-38-30-28-26-24-22-20-18-16-14-12-10-8-6-4-2)67-99-83-79(97)76(94)81(71(65-88)101-83)104-85-80(98)77(95)82(72(66-89)102-85)103-84-78(96)75(93)74(92)70(64-87)100-84/h5,7,11,13,17,19,23,25,29,31,33-34,36-37,41,43,60,62,68-72,74-85,87-90,92-98H,3-4,6,8-10,12,14-16,18,20-22,24,26-28,30,32,35,38-40,42,44-59,61,63-67H2,1-2H3,(H,86,91)/b7-5-,13-11-,19-17-,25-23-,31-29-,34-33-,37-36-,43-41-,62-60+. The highest BCUT2D eigenvalue weighted by Gasteiger charge is 2.54. The molecule has 3 aliphatic rings. The molecule has 17 unspecified atom stereocenters. The van der Waals surface area contributed by atoms with E-state index in [-0.39, 0.29) is 18.9 Å². The summed E-state index contributed by atoms with van der Waals surface area (Å²) in [6.07, 6.45) is 62.0. The molecule has 0 aromatic heterocycles. The van der Waals surface area contributed by atoms with Crippen molar-refractivity contribution in [3.8, 4) is 0 Å². The number of allylic oxidation sites excluding steroid dienone is 17. The summed E-state index contributed by atoms with van der Waals surface area (Å²) in [6, 6.07) is -0.987. The highest BCUT2D eigenvalue weighted by Crippen LogP contribution is 2.33. The fourth-order valence-electron chi connectivity index (χ4n) is 13.3. The van der Waals surface area contributed by atoms with Crippen molar-refractivity contribution in [3.05, 3.63) is 109 Å². The molecule has 19 nitrogen and oxygen atoms in total. The first-order valence-corrected chi connectivity index (χ1v) is 41.1. The monoisotopic (exact) mass is 1470 g/mol. The van der Waals surface area contributed by atoms with Gasteiger partial charge in [-0.05, 0) is 83.5 Å². The topological polar surface area (TPSA) is 307 Å². The number of ether oxygens (including phenoxy) is 6. The van der Waals surface area contributed by atoms with Gasteiger partial charge in [0.25, 0.3) is 0 Å². The van der Waals surface area contributed by atoms with Gasteiger partial charge in [-0.1, -0.05) is 309 Å². The van der Waals surface area contributed by atoms with Crippen molar-refractivity contribution in [2.45, 2.75) is 394 Å². The SMILES string of the molecule is CC/C=C\C/C=C\C/C=C\C/C=C\C/C=C\C/C=C\C/C=C\C/C=C\CCCCCCCCCCC(=O)NC(COC1OC(CO)C(OC2OC(CO)C(OC3OC(CO)C(O)C(O)C3O)C(O)C2O)C(O)C1O)C(O)/C=C/CCCCCCCCCCCCCCCCCCCCCCCCCC. The molecule has 0 radical (unpaired) electrons. The largest absolute Gasteiger partial charge is 0.394 e. The summed E-state index contributed by atoms with van der Waals surface area (Å²) in [7, 11) is 0. The van der Waals surface area contributed by atoms with Crippen molar-refractivity contribution in [1.29, 1.82) is 0 Å².